The molecule has 0 amide bonds. The van der Waals surface area contributed by atoms with Crippen LogP contribution in [0, 0.1) is 0 Å². The summed E-state index contributed by atoms with van der Waals surface area (Å²) >= 11 is 12.1. The second kappa shape index (κ2) is 7.09. The third-order valence-corrected chi connectivity index (χ3v) is 4.02. The summed E-state index contributed by atoms with van der Waals surface area (Å²) in [4.78, 5) is 0. The lowest BCUT2D eigenvalue weighted by atomic mass is 9.98. The Bertz CT molecular complexity index is 567. The molecular formula is C16H18Cl2N2. The molecule has 0 fully saturated rings. The van der Waals surface area contributed by atoms with Gasteiger partial charge in [0.1, 0.15) is 0 Å². The Labute approximate surface area is 129 Å². The molecule has 20 heavy (non-hydrogen) atoms. The maximum Gasteiger partial charge on any atom is 0.0500 e. The van der Waals surface area contributed by atoms with Crippen molar-refractivity contribution in [1.82, 2.24) is 5.43 Å². The SMILES string of the molecule is CCc1ccc(C(Cc2ccc(Cl)cc2Cl)NN)cc1. The highest BCUT2D eigenvalue weighted by molar-refractivity contribution is 6.35. The van der Waals surface area contributed by atoms with Gasteiger partial charge in [-0.1, -0.05) is 60.5 Å². The lowest BCUT2D eigenvalue weighted by molar-refractivity contribution is 0.552. The van der Waals surface area contributed by atoms with Crippen LogP contribution in [-0.4, -0.2) is 0 Å². The van der Waals surface area contributed by atoms with E-state index in [0.717, 1.165) is 24.0 Å². The molecule has 0 aliphatic rings. The predicted octanol–water partition coefficient (Wildman–Crippen LogP) is 4.30. The van der Waals surface area contributed by atoms with E-state index in [-0.39, 0.29) is 6.04 Å². The molecule has 2 aromatic carbocycles. The summed E-state index contributed by atoms with van der Waals surface area (Å²) in [5.41, 5.74) is 6.34. The highest BCUT2D eigenvalue weighted by Gasteiger charge is 2.12. The Morgan fingerprint density at radius 3 is 2.35 bits per heavy atom. The number of hydrazine groups is 1. The standard InChI is InChI=1S/C16H18Cl2N2/c1-2-11-3-5-12(6-4-11)16(20-19)9-13-7-8-14(17)10-15(13)18/h3-8,10,16,20H,2,9,19H2,1H3. The first kappa shape index (κ1) is 15.3. The Morgan fingerprint density at radius 1 is 1.10 bits per heavy atom. The molecule has 2 rings (SSSR count). The van der Waals surface area contributed by atoms with E-state index in [4.69, 9.17) is 29.0 Å². The minimum atomic E-state index is 0.0274. The maximum atomic E-state index is 6.21. The van der Waals surface area contributed by atoms with E-state index in [2.05, 4.69) is 36.6 Å². The summed E-state index contributed by atoms with van der Waals surface area (Å²) in [6.07, 6.45) is 1.75. The maximum absolute atomic E-state index is 6.21. The van der Waals surface area contributed by atoms with Crippen LogP contribution >= 0.6 is 23.2 Å². The zero-order valence-corrected chi connectivity index (χ0v) is 12.9. The van der Waals surface area contributed by atoms with Crippen LogP contribution in [0.15, 0.2) is 42.5 Å². The van der Waals surface area contributed by atoms with Gasteiger partial charge in [0.15, 0.2) is 0 Å². The van der Waals surface area contributed by atoms with Crippen LogP contribution in [0.1, 0.15) is 29.7 Å². The van der Waals surface area contributed by atoms with Gasteiger partial charge in [0.25, 0.3) is 0 Å². The smallest absolute Gasteiger partial charge is 0.0500 e. The van der Waals surface area contributed by atoms with E-state index in [1.165, 1.54) is 5.56 Å². The van der Waals surface area contributed by atoms with Crippen LogP contribution in [0.5, 0.6) is 0 Å². The van der Waals surface area contributed by atoms with Crippen LogP contribution in [0.3, 0.4) is 0 Å². The molecular weight excluding hydrogens is 291 g/mol. The van der Waals surface area contributed by atoms with Gasteiger partial charge in [0.05, 0.1) is 6.04 Å². The van der Waals surface area contributed by atoms with Crippen molar-refractivity contribution >= 4 is 23.2 Å². The number of rotatable bonds is 5. The summed E-state index contributed by atoms with van der Waals surface area (Å²) in [5, 5.41) is 1.31. The van der Waals surface area contributed by atoms with Crippen molar-refractivity contribution in [1.29, 1.82) is 0 Å². The first-order chi connectivity index (χ1) is 9.63. The molecule has 106 valence electrons. The van der Waals surface area contributed by atoms with Crippen LogP contribution in [0.4, 0.5) is 0 Å². The van der Waals surface area contributed by atoms with Gasteiger partial charge >= 0.3 is 0 Å². The predicted molar refractivity (Wildman–Crippen MR) is 86.1 cm³/mol. The molecule has 0 heterocycles. The van der Waals surface area contributed by atoms with Gasteiger partial charge in [-0.2, -0.15) is 0 Å². The summed E-state index contributed by atoms with van der Waals surface area (Å²) in [7, 11) is 0. The molecule has 2 nitrogen and oxygen atoms in total. The Morgan fingerprint density at radius 2 is 1.80 bits per heavy atom. The van der Waals surface area contributed by atoms with E-state index in [1.807, 2.05) is 12.1 Å². The van der Waals surface area contributed by atoms with Crippen molar-refractivity contribution in [3.8, 4) is 0 Å². The van der Waals surface area contributed by atoms with Crippen LogP contribution < -0.4 is 11.3 Å². The Kier molecular flexibility index (Phi) is 5.44. The highest BCUT2D eigenvalue weighted by Crippen LogP contribution is 2.26. The fourth-order valence-corrected chi connectivity index (χ4v) is 2.65. The van der Waals surface area contributed by atoms with Crippen molar-refractivity contribution in [3.05, 3.63) is 69.2 Å². The van der Waals surface area contributed by atoms with E-state index in [9.17, 15) is 0 Å². The van der Waals surface area contributed by atoms with Crippen molar-refractivity contribution in [3.63, 3.8) is 0 Å². The van der Waals surface area contributed by atoms with Gasteiger partial charge in [0, 0.05) is 10.0 Å². The minimum absolute atomic E-state index is 0.0274. The topological polar surface area (TPSA) is 38.0 Å². The molecule has 0 aromatic heterocycles. The lowest BCUT2D eigenvalue weighted by Crippen LogP contribution is -2.29. The van der Waals surface area contributed by atoms with E-state index >= 15 is 0 Å². The van der Waals surface area contributed by atoms with Crippen molar-refractivity contribution < 1.29 is 0 Å². The highest BCUT2D eigenvalue weighted by atomic mass is 35.5. The van der Waals surface area contributed by atoms with Crippen LogP contribution in [0.25, 0.3) is 0 Å². The molecule has 2 aromatic rings. The van der Waals surface area contributed by atoms with Gasteiger partial charge < -0.3 is 0 Å². The molecule has 0 bridgehead atoms. The Balaban J connectivity index is 2.19. The summed E-state index contributed by atoms with van der Waals surface area (Å²) in [5.74, 6) is 5.68. The van der Waals surface area contributed by atoms with Gasteiger partial charge in [-0.15, -0.1) is 0 Å². The van der Waals surface area contributed by atoms with E-state index in [1.54, 1.807) is 6.07 Å². The molecule has 3 N–H and O–H groups in total. The molecule has 0 saturated heterocycles. The molecule has 0 radical (unpaired) electrons. The van der Waals surface area contributed by atoms with E-state index < -0.39 is 0 Å². The van der Waals surface area contributed by atoms with Gasteiger partial charge in [-0.05, 0) is 41.7 Å². The Hall–Kier alpha value is -1.06. The van der Waals surface area contributed by atoms with Gasteiger partial charge in [-0.3, -0.25) is 11.3 Å². The fraction of sp³-hybridized carbons (Fsp3) is 0.250. The lowest BCUT2D eigenvalue weighted by Gasteiger charge is -2.17. The number of halogens is 2. The molecule has 0 spiro atoms. The fourth-order valence-electron chi connectivity index (χ4n) is 2.17. The molecule has 0 saturated carbocycles. The molecule has 1 unspecified atom stereocenters. The summed E-state index contributed by atoms with van der Waals surface area (Å²) < 4.78 is 0. The molecule has 4 heteroatoms. The number of hydrogen-bond acceptors (Lipinski definition) is 2. The third kappa shape index (κ3) is 3.74. The van der Waals surface area contributed by atoms with Gasteiger partial charge in [-0.25, -0.2) is 0 Å². The molecule has 0 aliphatic heterocycles. The number of nitrogens with one attached hydrogen (secondary N) is 1. The third-order valence-electron chi connectivity index (χ3n) is 3.43. The molecule has 1 atom stereocenters. The second-order valence-electron chi connectivity index (χ2n) is 4.75. The van der Waals surface area contributed by atoms with Crippen molar-refractivity contribution in [2.75, 3.05) is 0 Å². The zero-order chi connectivity index (χ0) is 14.5. The average molecular weight is 309 g/mol. The first-order valence-corrected chi connectivity index (χ1v) is 7.38. The number of aryl methyl sites for hydroxylation is 1. The number of benzene rings is 2. The zero-order valence-electron chi connectivity index (χ0n) is 11.4. The van der Waals surface area contributed by atoms with Gasteiger partial charge in [0.2, 0.25) is 0 Å². The summed E-state index contributed by atoms with van der Waals surface area (Å²) in [6, 6.07) is 14.0. The van der Waals surface area contributed by atoms with Crippen molar-refractivity contribution in [2.45, 2.75) is 25.8 Å². The quantitative estimate of drug-likeness (QED) is 0.638. The first-order valence-electron chi connectivity index (χ1n) is 6.63. The second-order valence-corrected chi connectivity index (χ2v) is 5.60. The monoisotopic (exact) mass is 308 g/mol. The van der Waals surface area contributed by atoms with Crippen LogP contribution in [-0.2, 0) is 12.8 Å². The largest absolute Gasteiger partial charge is 0.271 e. The normalized spacial score (nSPS) is 12.4. The number of nitrogens with two attached hydrogens (primary N) is 1. The van der Waals surface area contributed by atoms with E-state index in [0.29, 0.717) is 10.0 Å². The minimum Gasteiger partial charge on any atom is -0.271 e. The van der Waals surface area contributed by atoms with Crippen molar-refractivity contribution in [2.24, 2.45) is 5.84 Å². The molecule has 0 aliphatic carbocycles. The van der Waals surface area contributed by atoms with Crippen LogP contribution in [0.2, 0.25) is 10.0 Å². The summed E-state index contributed by atoms with van der Waals surface area (Å²) in [6.45, 7) is 2.14. The number of hydrogen-bond donors (Lipinski definition) is 2. The average Bonchev–Trinajstić information content (AvgIpc) is 2.47.